The number of phenols is 4. The Balaban J connectivity index is 2.61. The first-order chi connectivity index (χ1) is 13.5. The minimum absolute atomic E-state index is 0.0684. The Morgan fingerprint density at radius 2 is 1.14 bits per heavy atom. The standard InChI is InChI=1S/C18H10Br2N2O6S/c19-13-3-9(5-15(23)17(13)25)1-11(7-21)29(27,28)12(8-22)2-10-4-14(20)18(26)16(24)6-10/h1-6,23-26H. The van der Waals surface area contributed by atoms with Crippen LogP contribution in [-0.4, -0.2) is 28.8 Å². The van der Waals surface area contributed by atoms with Gasteiger partial charge in [-0.05, 0) is 79.4 Å². The van der Waals surface area contributed by atoms with E-state index in [-0.39, 0.29) is 20.1 Å². The van der Waals surface area contributed by atoms with Crippen molar-refractivity contribution in [2.75, 3.05) is 0 Å². The minimum Gasteiger partial charge on any atom is -0.504 e. The van der Waals surface area contributed by atoms with Crippen LogP contribution in [0.15, 0.2) is 43.0 Å². The summed E-state index contributed by atoms with van der Waals surface area (Å²) >= 11 is 5.96. The molecule has 2 aromatic carbocycles. The van der Waals surface area contributed by atoms with E-state index in [1.807, 2.05) is 0 Å². The molecule has 0 atom stereocenters. The van der Waals surface area contributed by atoms with Crippen LogP contribution >= 0.6 is 31.9 Å². The zero-order valence-electron chi connectivity index (χ0n) is 14.1. The van der Waals surface area contributed by atoms with Crippen LogP contribution in [0.1, 0.15) is 11.1 Å². The highest BCUT2D eigenvalue weighted by molar-refractivity contribution is 9.10. The summed E-state index contributed by atoms with van der Waals surface area (Å²) < 4.78 is 25.6. The third kappa shape index (κ3) is 4.71. The van der Waals surface area contributed by atoms with Crippen LogP contribution in [0.2, 0.25) is 0 Å². The number of nitrogens with zero attached hydrogens (tertiary/aromatic N) is 2. The fourth-order valence-electron chi connectivity index (χ4n) is 2.14. The van der Waals surface area contributed by atoms with Gasteiger partial charge >= 0.3 is 0 Å². The van der Waals surface area contributed by atoms with E-state index in [2.05, 4.69) is 31.9 Å². The van der Waals surface area contributed by atoms with Gasteiger partial charge in [0.25, 0.3) is 0 Å². The molecule has 0 fully saturated rings. The molecule has 8 nitrogen and oxygen atoms in total. The zero-order chi connectivity index (χ0) is 21.9. The molecule has 0 amide bonds. The first-order valence-corrected chi connectivity index (χ1v) is 10.5. The third-order valence-electron chi connectivity index (χ3n) is 3.53. The summed E-state index contributed by atoms with van der Waals surface area (Å²) in [6, 6.07) is 7.62. The minimum atomic E-state index is -4.55. The zero-order valence-corrected chi connectivity index (χ0v) is 18.1. The van der Waals surface area contributed by atoms with Gasteiger partial charge in [0, 0.05) is 0 Å². The fraction of sp³-hybridized carbons (Fsp3) is 0. The number of rotatable bonds is 4. The number of nitriles is 2. The molecule has 2 aromatic rings. The maximum absolute atomic E-state index is 12.7. The smallest absolute Gasteiger partial charge is 0.226 e. The molecule has 0 unspecified atom stereocenters. The Morgan fingerprint density at radius 3 is 1.41 bits per heavy atom. The number of benzene rings is 2. The van der Waals surface area contributed by atoms with E-state index >= 15 is 0 Å². The molecule has 11 heteroatoms. The molecule has 0 saturated carbocycles. The predicted octanol–water partition coefficient (Wildman–Crippen LogP) is 3.88. The van der Waals surface area contributed by atoms with E-state index in [0.29, 0.717) is 0 Å². The van der Waals surface area contributed by atoms with Crippen molar-refractivity contribution in [3.63, 3.8) is 0 Å². The van der Waals surface area contributed by atoms with E-state index in [0.717, 1.165) is 24.3 Å². The van der Waals surface area contributed by atoms with Crippen LogP contribution in [-0.2, 0) is 9.84 Å². The van der Waals surface area contributed by atoms with Gasteiger partial charge in [0.1, 0.15) is 12.1 Å². The van der Waals surface area contributed by atoms with Gasteiger partial charge in [-0.1, -0.05) is 0 Å². The number of halogens is 2. The van der Waals surface area contributed by atoms with Crippen LogP contribution in [0, 0.1) is 22.7 Å². The van der Waals surface area contributed by atoms with Gasteiger partial charge in [0.2, 0.25) is 9.84 Å². The Bertz CT molecular complexity index is 1120. The van der Waals surface area contributed by atoms with Crippen LogP contribution in [0.5, 0.6) is 23.0 Å². The van der Waals surface area contributed by atoms with Gasteiger partial charge < -0.3 is 20.4 Å². The predicted molar refractivity (Wildman–Crippen MR) is 111 cm³/mol. The number of aromatic hydroxyl groups is 4. The van der Waals surface area contributed by atoms with Gasteiger partial charge in [-0.3, -0.25) is 0 Å². The first-order valence-electron chi connectivity index (χ1n) is 7.43. The van der Waals surface area contributed by atoms with E-state index in [4.69, 9.17) is 0 Å². The van der Waals surface area contributed by atoms with E-state index in [1.165, 1.54) is 24.3 Å². The molecule has 4 N–H and O–H groups in total. The highest BCUT2D eigenvalue weighted by Gasteiger charge is 2.24. The summed E-state index contributed by atoms with van der Waals surface area (Å²) in [5.41, 5.74) is 0.157. The summed E-state index contributed by atoms with van der Waals surface area (Å²) in [5.74, 6) is -2.00. The maximum atomic E-state index is 12.7. The van der Waals surface area contributed by atoms with Crippen molar-refractivity contribution in [3.05, 3.63) is 54.1 Å². The quantitative estimate of drug-likeness (QED) is 0.334. The SMILES string of the molecule is N#CC(=Cc1cc(O)c(O)c(Br)c1)S(=O)(=O)C(C#N)=Cc1cc(O)c(O)c(Br)c1. The number of sulfone groups is 1. The molecule has 0 aliphatic carbocycles. The fourth-order valence-corrected chi connectivity index (χ4v) is 4.13. The normalized spacial score (nSPS) is 12.3. The lowest BCUT2D eigenvalue weighted by Crippen LogP contribution is -2.05. The average Bonchev–Trinajstić information content (AvgIpc) is 2.65. The lowest BCUT2D eigenvalue weighted by atomic mass is 10.2. The van der Waals surface area contributed by atoms with Crippen molar-refractivity contribution in [1.82, 2.24) is 0 Å². The van der Waals surface area contributed by atoms with Crippen LogP contribution in [0.4, 0.5) is 0 Å². The van der Waals surface area contributed by atoms with Crippen LogP contribution in [0.25, 0.3) is 12.2 Å². The molecule has 0 saturated heterocycles. The second-order valence-corrected chi connectivity index (χ2v) is 9.08. The average molecular weight is 542 g/mol. The highest BCUT2D eigenvalue weighted by atomic mass is 79.9. The Labute approximate surface area is 182 Å². The van der Waals surface area contributed by atoms with E-state index in [9.17, 15) is 39.4 Å². The topological polar surface area (TPSA) is 163 Å². The van der Waals surface area contributed by atoms with Crippen LogP contribution in [0.3, 0.4) is 0 Å². The monoisotopic (exact) mass is 540 g/mol. The maximum Gasteiger partial charge on any atom is 0.226 e. The number of hydrogen-bond acceptors (Lipinski definition) is 8. The van der Waals surface area contributed by atoms with Gasteiger partial charge in [-0.2, -0.15) is 10.5 Å². The molecule has 2 rings (SSSR count). The highest BCUT2D eigenvalue weighted by Crippen LogP contribution is 2.37. The number of allylic oxidation sites excluding steroid dienone is 2. The Morgan fingerprint density at radius 1 is 0.793 bits per heavy atom. The number of hydrogen-bond donors (Lipinski definition) is 4. The molecule has 0 heterocycles. The molecule has 29 heavy (non-hydrogen) atoms. The van der Waals surface area contributed by atoms with Crippen molar-refractivity contribution >= 4 is 53.8 Å². The number of phenolic OH excluding ortho intramolecular Hbond substituents is 4. The lowest BCUT2D eigenvalue weighted by Gasteiger charge is -2.06. The summed E-state index contributed by atoms with van der Waals surface area (Å²) in [5, 5.41) is 57.0. The van der Waals surface area contributed by atoms with E-state index in [1.54, 1.807) is 0 Å². The molecular weight excluding hydrogens is 532 g/mol. The lowest BCUT2D eigenvalue weighted by molar-refractivity contribution is 0.401. The molecule has 0 spiro atoms. The molecule has 0 aliphatic heterocycles. The second-order valence-electron chi connectivity index (χ2n) is 5.49. The van der Waals surface area contributed by atoms with E-state index < -0.39 is 42.6 Å². The summed E-state index contributed by atoms with van der Waals surface area (Å²) in [4.78, 5) is -1.58. The second kappa shape index (κ2) is 8.57. The van der Waals surface area contributed by atoms with Crippen molar-refractivity contribution in [2.24, 2.45) is 0 Å². The van der Waals surface area contributed by atoms with Gasteiger partial charge in [-0.15, -0.1) is 0 Å². The Hall–Kier alpha value is -2.99. The van der Waals surface area contributed by atoms with Gasteiger partial charge in [-0.25, -0.2) is 8.42 Å². The largest absolute Gasteiger partial charge is 0.504 e. The first kappa shape index (κ1) is 22.3. The van der Waals surface area contributed by atoms with Gasteiger partial charge in [0.15, 0.2) is 32.8 Å². The molecule has 0 radical (unpaired) electrons. The van der Waals surface area contributed by atoms with Crippen molar-refractivity contribution in [1.29, 1.82) is 10.5 Å². The van der Waals surface area contributed by atoms with Crippen molar-refractivity contribution < 1.29 is 28.8 Å². The summed E-state index contributed by atoms with van der Waals surface area (Å²) in [7, 11) is -4.55. The molecule has 148 valence electrons. The summed E-state index contributed by atoms with van der Waals surface area (Å²) in [6.45, 7) is 0. The van der Waals surface area contributed by atoms with Crippen molar-refractivity contribution in [3.8, 4) is 35.1 Å². The van der Waals surface area contributed by atoms with Crippen LogP contribution < -0.4 is 0 Å². The molecule has 0 bridgehead atoms. The molecule has 0 aromatic heterocycles. The van der Waals surface area contributed by atoms with Crippen molar-refractivity contribution in [2.45, 2.75) is 0 Å². The third-order valence-corrected chi connectivity index (χ3v) is 6.31. The Kier molecular flexibility index (Phi) is 6.59. The molecule has 0 aliphatic rings. The van der Waals surface area contributed by atoms with Gasteiger partial charge in [0.05, 0.1) is 8.95 Å². The molecular formula is C18H10Br2N2O6S. The summed E-state index contributed by atoms with van der Waals surface area (Å²) in [6.07, 6.45) is 1.85.